The van der Waals surface area contributed by atoms with Crippen molar-refractivity contribution >= 4 is 5.91 Å². The quantitative estimate of drug-likeness (QED) is 0.915. The Kier molecular flexibility index (Phi) is 5.09. The number of carbonyl (C=O) groups excluding carboxylic acids is 1. The van der Waals surface area contributed by atoms with Gasteiger partial charge in [0.15, 0.2) is 0 Å². The second-order valence-corrected chi connectivity index (χ2v) is 7.90. The fraction of sp³-hybridized carbons (Fsp3) is 0.667. The van der Waals surface area contributed by atoms with Crippen LogP contribution >= 0.6 is 0 Å². The van der Waals surface area contributed by atoms with Gasteiger partial charge in [-0.3, -0.25) is 9.69 Å². The van der Waals surface area contributed by atoms with Crippen LogP contribution in [0.4, 0.5) is 0 Å². The maximum Gasteiger partial charge on any atom is 0.251 e. The molecule has 1 aromatic rings. The smallest absolute Gasteiger partial charge is 0.251 e. The molecule has 1 saturated heterocycles. The van der Waals surface area contributed by atoms with Crippen molar-refractivity contribution in [1.82, 2.24) is 10.2 Å². The minimum Gasteiger partial charge on any atom is -0.379 e. The third kappa shape index (κ3) is 3.61. The minimum atomic E-state index is 0.0907. The van der Waals surface area contributed by atoms with E-state index < -0.39 is 0 Å². The molecular weight excluding hydrogens is 312 g/mol. The first-order valence-electron chi connectivity index (χ1n) is 10.00. The number of rotatable bonds is 4. The van der Waals surface area contributed by atoms with Crippen molar-refractivity contribution in [3.05, 3.63) is 34.9 Å². The van der Waals surface area contributed by atoms with Gasteiger partial charge in [0.25, 0.3) is 5.91 Å². The van der Waals surface area contributed by atoms with Crippen molar-refractivity contribution in [2.45, 2.75) is 56.9 Å². The Morgan fingerprint density at radius 1 is 1.04 bits per heavy atom. The Morgan fingerprint density at radius 2 is 1.80 bits per heavy atom. The molecule has 1 saturated carbocycles. The van der Waals surface area contributed by atoms with Crippen LogP contribution in [-0.2, 0) is 17.6 Å². The number of hydrogen-bond donors (Lipinski definition) is 1. The Labute approximate surface area is 150 Å². The van der Waals surface area contributed by atoms with Gasteiger partial charge in [0.2, 0.25) is 0 Å². The van der Waals surface area contributed by atoms with Gasteiger partial charge in [0.1, 0.15) is 0 Å². The second kappa shape index (κ2) is 7.46. The van der Waals surface area contributed by atoms with Gasteiger partial charge in [-0.15, -0.1) is 0 Å². The first kappa shape index (κ1) is 17.0. The highest BCUT2D eigenvalue weighted by atomic mass is 16.5. The van der Waals surface area contributed by atoms with Gasteiger partial charge in [0.05, 0.1) is 13.2 Å². The van der Waals surface area contributed by atoms with Crippen LogP contribution in [0, 0.1) is 0 Å². The van der Waals surface area contributed by atoms with Crippen LogP contribution in [0.25, 0.3) is 0 Å². The van der Waals surface area contributed by atoms with E-state index in [1.54, 1.807) is 0 Å². The first-order chi connectivity index (χ1) is 12.3. The lowest BCUT2D eigenvalue weighted by molar-refractivity contribution is -0.0361. The van der Waals surface area contributed by atoms with Crippen LogP contribution in [-0.4, -0.2) is 49.2 Å². The lowest BCUT2D eigenvalue weighted by Crippen LogP contribution is -2.59. The number of nitrogens with one attached hydrogen (secondary N) is 1. The van der Waals surface area contributed by atoms with E-state index >= 15 is 0 Å². The topological polar surface area (TPSA) is 41.6 Å². The predicted octanol–water partition coefficient (Wildman–Crippen LogP) is 2.94. The molecule has 0 bridgehead atoms. The summed E-state index contributed by atoms with van der Waals surface area (Å²) in [6, 6.07) is 6.26. The highest BCUT2D eigenvalue weighted by molar-refractivity contribution is 5.94. The van der Waals surface area contributed by atoms with Gasteiger partial charge in [-0.25, -0.2) is 0 Å². The second-order valence-electron chi connectivity index (χ2n) is 7.90. The monoisotopic (exact) mass is 342 g/mol. The predicted molar refractivity (Wildman–Crippen MR) is 99.0 cm³/mol. The van der Waals surface area contributed by atoms with Gasteiger partial charge < -0.3 is 10.1 Å². The summed E-state index contributed by atoms with van der Waals surface area (Å²) >= 11 is 0. The van der Waals surface area contributed by atoms with Crippen molar-refractivity contribution in [1.29, 1.82) is 0 Å². The molecule has 0 spiro atoms. The van der Waals surface area contributed by atoms with Gasteiger partial charge in [-0.2, -0.15) is 0 Å². The first-order valence-corrected chi connectivity index (χ1v) is 10.00. The molecule has 1 aliphatic heterocycles. The van der Waals surface area contributed by atoms with E-state index in [4.69, 9.17) is 4.74 Å². The molecule has 1 amide bonds. The van der Waals surface area contributed by atoms with Crippen molar-refractivity contribution in [2.24, 2.45) is 0 Å². The Bertz CT molecular complexity index is 616. The molecule has 2 fully saturated rings. The average Bonchev–Trinajstić information content (AvgIpc) is 3.15. The molecule has 0 atom stereocenters. The zero-order valence-corrected chi connectivity index (χ0v) is 15.2. The molecule has 1 aromatic carbocycles. The van der Waals surface area contributed by atoms with Crippen LogP contribution in [0.2, 0.25) is 0 Å². The van der Waals surface area contributed by atoms with E-state index in [2.05, 4.69) is 22.3 Å². The average molecular weight is 342 g/mol. The molecule has 0 aromatic heterocycles. The largest absolute Gasteiger partial charge is 0.379 e. The zero-order valence-electron chi connectivity index (χ0n) is 15.2. The minimum absolute atomic E-state index is 0.0907. The van der Waals surface area contributed by atoms with Gasteiger partial charge >= 0.3 is 0 Å². The van der Waals surface area contributed by atoms with Crippen LogP contribution in [0.3, 0.4) is 0 Å². The number of nitrogens with zero attached hydrogens (tertiary/aromatic N) is 1. The SMILES string of the molecule is O=C(NCC1(N2CCOCC2)CCCCC1)c1ccc2c(c1)CCC2. The number of carbonyl (C=O) groups is 1. The number of benzene rings is 1. The van der Waals surface area contributed by atoms with Crippen molar-refractivity contribution < 1.29 is 9.53 Å². The van der Waals surface area contributed by atoms with Gasteiger partial charge in [-0.05, 0) is 55.4 Å². The molecule has 4 heteroatoms. The summed E-state index contributed by atoms with van der Waals surface area (Å²) in [5.41, 5.74) is 3.75. The Balaban J connectivity index is 1.44. The summed E-state index contributed by atoms with van der Waals surface area (Å²) in [7, 11) is 0. The normalized spacial score (nSPS) is 23.2. The third-order valence-corrected chi connectivity index (χ3v) is 6.40. The fourth-order valence-electron chi connectivity index (χ4n) is 4.91. The number of fused-ring (bicyclic) bond motifs is 1. The number of morpholine rings is 1. The zero-order chi connectivity index (χ0) is 17.1. The molecule has 2 aliphatic carbocycles. The molecule has 4 rings (SSSR count). The molecule has 3 aliphatic rings. The number of aryl methyl sites for hydroxylation is 2. The van der Waals surface area contributed by atoms with E-state index in [0.717, 1.165) is 51.3 Å². The van der Waals surface area contributed by atoms with Crippen LogP contribution in [0.1, 0.15) is 60.0 Å². The molecule has 0 radical (unpaired) electrons. The summed E-state index contributed by atoms with van der Waals surface area (Å²) in [5.74, 6) is 0.0907. The maximum atomic E-state index is 12.8. The van der Waals surface area contributed by atoms with Gasteiger partial charge in [0, 0.05) is 30.7 Å². The highest BCUT2D eigenvalue weighted by Gasteiger charge is 2.38. The van der Waals surface area contributed by atoms with Crippen LogP contribution in [0.5, 0.6) is 0 Å². The Hall–Kier alpha value is -1.39. The molecule has 136 valence electrons. The molecule has 1 N–H and O–H groups in total. The van der Waals surface area contributed by atoms with E-state index in [0.29, 0.717) is 0 Å². The highest BCUT2D eigenvalue weighted by Crippen LogP contribution is 2.34. The van der Waals surface area contributed by atoms with Gasteiger partial charge in [-0.1, -0.05) is 25.3 Å². The Morgan fingerprint density at radius 3 is 2.60 bits per heavy atom. The van der Waals surface area contributed by atoms with E-state index in [1.165, 1.54) is 49.7 Å². The summed E-state index contributed by atoms with van der Waals surface area (Å²) < 4.78 is 5.54. The van der Waals surface area contributed by atoms with E-state index in [-0.39, 0.29) is 11.4 Å². The van der Waals surface area contributed by atoms with Crippen LogP contribution < -0.4 is 5.32 Å². The number of ether oxygens (including phenoxy) is 1. The number of amides is 1. The molecule has 4 nitrogen and oxygen atoms in total. The standard InChI is InChI=1S/C21H30N2O2/c24-20(19-8-7-17-5-4-6-18(17)15-19)22-16-21(9-2-1-3-10-21)23-11-13-25-14-12-23/h7-8,15H,1-6,9-14,16H2,(H,22,24). The molecular formula is C21H30N2O2. The summed E-state index contributed by atoms with van der Waals surface area (Å²) in [5, 5.41) is 3.28. The van der Waals surface area contributed by atoms with Crippen molar-refractivity contribution in [2.75, 3.05) is 32.8 Å². The van der Waals surface area contributed by atoms with E-state index in [9.17, 15) is 4.79 Å². The number of hydrogen-bond acceptors (Lipinski definition) is 3. The molecule has 0 unspecified atom stereocenters. The van der Waals surface area contributed by atoms with Crippen LogP contribution in [0.15, 0.2) is 18.2 Å². The third-order valence-electron chi connectivity index (χ3n) is 6.40. The van der Waals surface area contributed by atoms with E-state index in [1.807, 2.05) is 6.07 Å². The summed E-state index contributed by atoms with van der Waals surface area (Å²) in [6.07, 6.45) is 9.75. The van der Waals surface area contributed by atoms with Crippen molar-refractivity contribution in [3.8, 4) is 0 Å². The lowest BCUT2D eigenvalue weighted by Gasteiger charge is -2.48. The molecule has 25 heavy (non-hydrogen) atoms. The summed E-state index contributed by atoms with van der Waals surface area (Å²) in [4.78, 5) is 15.3. The lowest BCUT2D eigenvalue weighted by atomic mass is 9.79. The van der Waals surface area contributed by atoms with Crippen molar-refractivity contribution in [3.63, 3.8) is 0 Å². The molecule has 1 heterocycles. The fourth-order valence-corrected chi connectivity index (χ4v) is 4.91. The maximum absolute atomic E-state index is 12.8. The summed E-state index contributed by atoms with van der Waals surface area (Å²) in [6.45, 7) is 4.40.